The summed E-state index contributed by atoms with van der Waals surface area (Å²) in [6.07, 6.45) is 1.80. The van der Waals surface area contributed by atoms with Crippen molar-refractivity contribution in [1.82, 2.24) is 10.2 Å². The molecule has 27 heavy (non-hydrogen) atoms. The molecule has 0 spiro atoms. The van der Waals surface area contributed by atoms with Gasteiger partial charge in [-0.05, 0) is 43.0 Å². The van der Waals surface area contributed by atoms with Crippen molar-refractivity contribution in [3.8, 4) is 0 Å². The van der Waals surface area contributed by atoms with Crippen LogP contribution in [0.4, 0.5) is 8.78 Å². The van der Waals surface area contributed by atoms with E-state index in [1.54, 1.807) is 35.2 Å². The predicted molar refractivity (Wildman–Crippen MR) is 98.2 cm³/mol. The zero-order chi connectivity index (χ0) is 19.2. The van der Waals surface area contributed by atoms with Crippen LogP contribution in [-0.2, 0) is 11.2 Å². The average Bonchev–Trinajstić information content (AvgIpc) is 2.68. The number of nitrogens with one attached hydrogen (secondary N) is 1. The number of piperidine rings is 1. The van der Waals surface area contributed by atoms with E-state index in [1.807, 2.05) is 0 Å². The van der Waals surface area contributed by atoms with Gasteiger partial charge in [-0.15, -0.1) is 0 Å². The highest BCUT2D eigenvalue weighted by molar-refractivity contribution is 5.94. The lowest BCUT2D eigenvalue weighted by atomic mass is 10.0. The minimum atomic E-state index is -0.522. The number of halogens is 2. The van der Waals surface area contributed by atoms with Crippen LogP contribution in [0, 0.1) is 11.6 Å². The summed E-state index contributed by atoms with van der Waals surface area (Å²) in [5.74, 6) is -1.27. The van der Waals surface area contributed by atoms with Crippen LogP contribution in [0.15, 0.2) is 48.5 Å². The van der Waals surface area contributed by atoms with Gasteiger partial charge in [-0.25, -0.2) is 8.78 Å². The highest BCUT2D eigenvalue weighted by atomic mass is 19.1. The number of hydrogen-bond donors (Lipinski definition) is 1. The Labute approximate surface area is 157 Å². The van der Waals surface area contributed by atoms with Gasteiger partial charge in [0, 0.05) is 25.6 Å². The van der Waals surface area contributed by atoms with Crippen LogP contribution in [0.5, 0.6) is 0 Å². The van der Waals surface area contributed by atoms with Crippen molar-refractivity contribution in [3.05, 3.63) is 71.3 Å². The molecule has 0 aromatic heterocycles. The van der Waals surface area contributed by atoms with Crippen LogP contribution in [0.3, 0.4) is 0 Å². The number of hydrogen-bond acceptors (Lipinski definition) is 2. The summed E-state index contributed by atoms with van der Waals surface area (Å²) in [4.78, 5) is 26.1. The number of amides is 2. The number of carbonyl (C=O) groups is 2. The van der Waals surface area contributed by atoms with E-state index in [2.05, 4.69) is 5.32 Å². The molecule has 0 saturated carbocycles. The van der Waals surface area contributed by atoms with Crippen LogP contribution in [0.2, 0.25) is 0 Å². The van der Waals surface area contributed by atoms with Crippen molar-refractivity contribution in [1.29, 1.82) is 0 Å². The first-order valence-electron chi connectivity index (χ1n) is 9.11. The van der Waals surface area contributed by atoms with Crippen molar-refractivity contribution >= 4 is 11.8 Å². The lowest BCUT2D eigenvalue weighted by Crippen LogP contribution is -2.46. The molecule has 0 atom stereocenters. The second kappa shape index (κ2) is 8.75. The van der Waals surface area contributed by atoms with E-state index in [-0.39, 0.29) is 35.7 Å². The molecule has 2 aromatic rings. The number of rotatable bonds is 5. The second-order valence-corrected chi connectivity index (χ2v) is 6.71. The average molecular weight is 372 g/mol. The van der Waals surface area contributed by atoms with E-state index >= 15 is 0 Å². The number of benzene rings is 2. The molecular formula is C21H22F2N2O2. The third-order valence-electron chi connectivity index (χ3n) is 4.83. The Morgan fingerprint density at radius 3 is 2.26 bits per heavy atom. The van der Waals surface area contributed by atoms with Crippen LogP contribution < -0.4 is 5.32 Å². The van der Waals surface area contributed by atoms with Crippen LogP contribution in [0.25, 0.3) is 0 Å². The van der Waals surface area contributed by atoms with E-state index in [0.717, 1.165) is 0 Å². The summed E-state index contributed by atoms with van der Waals surface area (Å²) in [5.41, 5.74) is 0.600. The zero-order valence-electron chi connectivity index (χ0n) is 15.0. The molecule has 4 nitrogen and oxygen atoms in total. The molecule has 1 N–H and O–H groups in total. The Hall–Kier alpha value is -2.76. The van der Waals surface area contributed by atoms with Gasteiger partial charge in [0.05, 0.1) is 5.56 Å². The van der Waals surface area contributed by atoms with Crippen molar-refractivity contribution in [2.24, 2.45) is 0 Å². The fraction of sp³-hybridized carbons (Fsp3) is 0.333. The fourth-order valence-electron chi connectivity index (χ4n) is 3.28. The largest absolute Gasteiger partial charge is 0.353 e. The second-order valence-electron chi connectivity index (χ2n) is 6.71. The molecule has 1 heterocycles. The molecule has 0 unspecified atom stereocenters. The summed E-state index contributed by atoms with van der Waals surface area (Å²) < 4.78 is 27.4. The Balaban J connectivity index is 1.45. The predicted octanol–water partition coefficient (Wildman–Crippen LogP) is 3.32. The molecule has 142 valence electrons. The molecule has 1 saturated heterocycles. The number of carbonyl (C=O) groups excluding carboxylic acids is 2. The van der Waals surface area contributed by atoms with E-state index in [0.29, 0.717) is 37.9 Å². The van der Waals surface area contributed by atoms with Crippen molar-refractivity contribution in [3.63, 3.8) is 0 Å². The van der Waals surface area contributed by atoms with Gasteiger partial charge in [0.15, 0.2) is 0 Å². The topological polar surface area (TPSA) is 49.4 Å². The van der Waals surface area contributed by atoms with Crippen molar-refractivity contribution in [2.45, 2.75) is 31.7 Å². The minimum Gasteiger partial charge on any atom is -0.353 e. The summed E-state index contributed by atoms with van der Waals surface area (Å²) in [6, 6.07) is 12.3. The number of aryl methyl sites for hydroxylation is 1. The van der Waals surface area contributed by atoms with E-state index in [4.69, 9.17) is 0 Å². The summed E-state index contributed by atoms with van der Waals surface area (Å²) >= 11 is 0. The highest BCUT2D eigenvalue weighted by Crippen LogP contribution is 2.16. The standard InChI is InChI=1S/C21H22F2N2O2/c22-18-7-3-1-5-15(18)9-10-20(26)24-16-11-13-25(14-12-16)21(27)17-6-2-4-8-19(17)23/h1-8,16H,9-14H2,(H,24,26). The van der Waals surface area contributed by atoms with E-state index < -0.39 is 5.82 Å². The third-order valence-corrected chi connectivity index (χ3v) is 4.83. The van der Waals surface area contributed by atoms with E-state index in [9.17, 15) is 18.4 Å². The highest BCUT2D eigenvalue weighted by Gasteiger charge is 2.25. The Morgan fingerprint density at radius 2 is 1.59 bits per heavy atom. The Kier molecular flexibility index (Phi) is 6.16. The summed E-state index contributed by atoms with van der Waals surface area (Å²) in [5, 5.41) is 2.95. The maximum Gasteiger partial charge on any atom is 0.256 e. The van der Waals surface area contributed by atoms with Gasteiger partial charge in [0.25, 0.3) is 5.91 Å². The SMILES string of the molecule is O=C(CCc1ccccc1F)NC1CCN(C(=O)c2ccccc2F)CC1. The Bertz CT molecular complexity index is 817. The lowest BCUT2D eigenvalue weighted by Gasteiger charge is -2.32. The molecule has 1 aliphatic rings. The van der Waals surface area contributed by atoms with Crippen LogP contribution >= 0.6 is 0 Å². The van der Waals surface area contributed by atoms with Crippen LogP contribution in [-0.4, -0.2) is 35.8 Å². The normalized spacial score (nSPS) is 14.8. The summed E-state index contributed by atoms with van der Waals surface area (Å²) in [6.45, 7) is 0.927. The maximum absolute atomic E-state index is 13.8. The smallest absolute Gasteiger partial charge is 0.256 e. The molecule has 2 aromatic carbocycles. The van der Waals surface area contributed by atoms with Gasteiger partial charge in [-0.3, -0.25) is 9.59 Å². The molecule has 1 aliphatic heterocycles. The molecule has 3 rings (SSSR count). The molecule has 0 radical (unpaired) electrons. The molecule has 2 amide bonds. The number of likely N-dealkylation sites (tertiary alicyclic amines) is 1. The summed E-state index contributed by atoms with van der Waals surface area (Å²) in [7, 11) is 0. The molecule has 6 heteroatoms. The maximum atomic E-state index is 13.8. The van der Waals surface area contributed by atoms with Gasteiger partial charge >= 0.3 is 0 Å². The van der Waals surface area contributed by atoms with Crippen molar-refractivity contribution < 1.29 is 18.4 Å². The van der Waals surface area contributed by atoms with Gasteiger partial charge in [-0.1, -0.05) is 30.3 Å². The lowest BCUT2D eigenvalue weighted by molar-refractivity contribution is -0.122. The molecule has 0 bridgehead atoms. The third kappa shape index (κ3) is 4.90. The van der Waals surface area contributed by atoms with Crippen LogP contribution in [0.1, 0.15) is 35.2 Å². The molecular weight excluding hydrogens is 350 g/mol. The first-order valence-corrected chi connectivity index (χ1v) is 9.11. The van der Waals surface area contributed by atoms with E-state index in [1.165, 1.54) is 18.2 Å². The van der Waals surface area contributed by atoms with Gasteiger partial charge < -0.3 is 10.2 Å². The number of nitrogens with zero attached hydrogens (tertiary/aromatic N) is 1. The zero-order valence-corrected chi connectivity index (χ0v) is 15.0. The first-order chi connectivity index (χ1) is 13.0. The quantitative estimate of drug-likeness (QED) is 0.875. The Morgan fingerprint density at radius 1 is 0.963 bits per heavy atom. The van der Waals surface area contributed by atoms with Gasteiger partial charge in [-0.2, -0.15) is 0 Å². The van der Waals surface area contributed by atoms with Gasteiger partial charge in [0.2, 0.25) is 5.91 Å². The first kappa shape index (κ1) is 19.0. The fourth-order valence-corrected chi connectivity index (χ4v) is 3.28. The molecule has 0 aliphatic carbocycles. The van der Waals surface area contributed by atoms with Gasteiger partial charge in [0.1, 0.15) is 11.6 Å². The molecule has 1 fully saturated rings. The monoisotopic (exact) mass is 372 g/mol. The minimum absolute atomic E-state index is 0.0252. The van der Waals surface area contributed by atoms with Crippen molar-refractivity contribution in [2.75, 3.05) is 13.1 Å².